The van der Waals surface area contributed by atoms with Crippen molar-refractivity contribution in [1.82, 2.24) is 9.97 Å². The molecule has 0 radical (unpaired) electrons. The standard InChI is InChI=1S/C14H14N4O3/c1-18(2)12-8-9(6-7-15-12)13(19)17-11-5-3-4-10(16-11)14(20)21/h3-8H,1-2H3,(H,20,21)(H,16,17,19). The number of amides is 1. The van der Waals surface area contributed by atoms with E-state index >= 15 is 0 Å². The van der Waals surface area contributed by atoms with Crippen molar-refractivity contribution >= 4 is 23.5 Å². The lowest BCUT2D eigenvalue weighted by molar-refractivity contribution is 0.0690. The molecular formula is C14H14N4O3. The second kappa shape index (κ2) is 6.00. The lowest BCUT2D eigenvalue weighted by Crippen LogP contribution is -2.16. The summed E-state index contributed by atoms with van der Waals surface area (Å²) >= 11 is 0. The van der Waals surface area contributed by atoms with Gasteiger partial charge in [-0.25, -0.2) is 14.8 Å². The lowest BCUT2D eigenvalue weighted by atomic mass is 10.2. The lowest BCUT2D eigenvalue weighted by Gasteiger charge is -2.12. The van der Waals surface area contributed by atoms with Crippen LogP contribution in [0.5, 0.6) is 0 Å². The number of anilines is 2. The number of hydrogen-bond acceptors (Lipinski definition) is 5. The van der Waals surface area contributed by atoms with E-state index in [1.54, 1.807) is 17.0 Å². The van der Waals surface area contributed by atoms with Crippen LogP contribution in [0.4, 0.5) is 11.6 Å². The van der Waals surface area contributed by atoms with Crippen LogP contribution in [-0.4, -0.2) is 41.0 Å². The number of nitrogens with zero attached hydrogens (tertiary/aromatic N) is 3. The van der Waals surface area contributed by atoms with Gasteiger partial charge in [0.05, 0.1) is 0 Å². The quantitative estimate of drug-likeness (QED) is 0.884. The fourth-order valence-electron chi connectivity index (χ4n) is 1.62. The predicted molar refractivity (Wildman–Crippen MR) is 77.7 cm³/mol. The van der Waals surface area contributed by atoms with Crippen LogP contribution >= 0.6 is 0 Å². The summed E-state index contributed by atoms with van der Waals surface area (Å²) < 4.78 is 0. The zero-order valence-corrected chi connectivity index (χ0v) is 11.6. The Kier molecular flexibility index (Phi) is 4.13. The Morgan fingerprint density at radius 2 is 2.00 bits per heavy atom. The molecule has 2 rings (SSSR count). The summed E-state index contributed by atoms with van der Waals surface area (Å²) in [6.07, 6.45) is 1.53. The fourth-order valence-corrected chi connectivity index (χ4v) is 1.62. The van der Waals surface area contributed by atoms with Crippen LogP contribution < -0.4 is 10.2 Å². The number of aromatic nitrogens is 2. The molecule has 0 bridgehead atoms. The molecule has 1 amide bonds. The number of pyridine rings is 2. The highest BCUT2D eigenvalue weighted by atomic mass is 16.4. The Bertz CT molecular complexity index is 685. The van der Waals surface area contributed by atoms with Gasteiger partial charge >= 0.3 is 5.97 Å². The van der Waals surface area contributed by atoms with Crippen molar-refractivity contribution in [1.29, 1.82) is 0 Å². The molecule has 2 aromatic rings. The van der Waals surface area contributed by atoms with E-state index in [2.05, 4.69) is 15.3 Å². The van der Waals surface area contributed by atoms with Gasteiger partial charge in [-0.05, 0) is 24.3 Å². The van der Waals surface area contributed by atoms with E-state index in [1.165, 1.54) is 24.4 Å². The van der Waals surface area contributed by atoms with E-state index in [-0.39, 0.29) is 17.4 Å². The maximum atomic E-state index is 12.1. The van der Waals surface area contributed by atoms with Crippen molar-refractivity contribution in [3.63, 3.8) is 0 Å². The first-order chi connectivity index (χ1) is 9.97. The number of aromatic carboxylic acids is 1. The maximum absolute atomic E-state index is 12.1. The summed E-state index contributed by atoms with van der Waals surface area (Å²) in [5.74, 6) is -0.696. The summed E-state index contributed by atoms with van der Waals surface area (Å²) in [6, 6.07) is 7.61. The van der Waals surface area contributed by atoms with E-state index in [1.807, 2.05) is 14.1 Å². The minimum Gasteiger partial charge on any atom is -0.477 e. The average Bonchev–Trinajstić information content (AvgIpc) is 2.47. The van der Waals surface area contributed by atoms with Crippen LogP contribution in [0.25, 0.3) is 0 Å². The zero-order chi connectivity index (χ0) is 15.4. The van der Waals surface area contributed by atoms with E-state index in [9.17, 15) is 9.59 Å². The number of hydrogen-bond donors (Lipinski definition) is 2. The Morgan fingerprint density at radius 3 is 2.67 bits per heavy atom. The third-order valence-corrected chi connectivity index (χ3v) is 2.68. The highest BCUT2D eigenvalue weighted by molar-refractivity contribution is 6.04. The molecule has 2 N–H and O–H groups in total. The van der Waals surface area contributed by atoms with Gasteiger partial charge in [-0.1, -0.05) is 6.07 Å². The topological polar surface area (TPSA) is 95.4 Å². The SMILES string of the molecule is CN(C)c1cc(C(=O)Nc2cccc(C(=O)O)n2)ccn1. The molecule has 108 valence electrons. The molecule has 0 aliphatic rings. The normalized spacial score (nSPS) is 10.0. The molecule has 21 heavy (non-hydrogen) atoms. The molecule has 2 aromatic heterocycles. The number of nitrogens with one attached hydrogen (secondary N) is 1. The smallest absolute Gasteiger partial charge is 0.354 e. The maximum Gasteiger partial charge on any atom is 0.354 e. The van der Waals surface area contributed by atoms with Crippen molar-refractivity contribution < 1.29 is 14.7 Å². The molecule has 0 spiro atoms. The molecule has 7 heteroatoms. The minimum atomic E-state index is -1.15. The van der Waals surface area contributed by atoms with E-state index in [0.717, 1.165) is 0 Å². The molecular weight excluding hydrogens is 272 g/mol. The highest BCUT2D eigenvalue weighted by Crippen LogP contribution is 2.12. The van der Waals surface area contributed by atoms with E-state index in [0.29, 0.717) is 11.4 Å². The van der Waals surface area contributed by atoms with Crippen molar-refractivity contribution in [2.24, 2.45) is 0 Å². The van der Waals surface area contributed by atoms with Gasteiger partial charge < -0.3 is 15.3 Å². The Balaban J connectivity index is 2.20. The predicted octanol–water partition coefficient (Wildman–Crippen LogP) is 1.49. The van der Waals surface area contributed by atoms with Crippen molar-refractivity contribution in [2.75, 3.05) is 24.3 Å². The van der Waals surface area contributed by atoms with Gasteiger partial charge in [0.25, 0.3) is 5.91 Å². The van der Waals surface area contributed by atoms with Gasteiger partial charge in [0.2, 0.25) is 0 Å². The van der Waals surface area contributed by atoms with Gasteiger partial charge in [0, 0.05) is 25.9 Å². The fraction of sp³-hybridized carbons (Fsp3) is 0.143. The number of carboxylic acids is 1. The minimum absolute atomic E-state index is 0.128. The summed E-state index contributed by atoms with van der Waals surface area (Å²) in [6.45, 7) is 0. The average molecular weight is 286 g/mol. The summed E-state index contributed by atoms with van der Waals surface area (Å²) in [5, 5.41) is 11.4. The molecule has 0 aromatic carbocycles. The molecule has 0 saturated heterocycles. The van der Waals surface area contributed by atoms with Crippen molar-refractivity contribution in [3.05, 3.63) is 47.8 Å². The zero-order valence-electron chi connectivity index (χ0n) is 11.6. The van der Waals surface area contributed by atoms with Gasteiger partial charge in [0.15, 0.2) is 5.69 Å². The van der Waals surface area contributed by atoms with Crippen LogP contribution in [0, 0.1) is 0 Å². The Labute approximate surface area is 121 Å². The first kappa shape index (κ1) is 14.4. The molecule has 0 aliphatic carbocycles. The van der Waals surface area contributed by atoms with Crippen LogP contribution in [0.1, 0.15) is 20.8 Å². The molecule has 0 fully saturated rings. The van der Waals surface area contributed by atoms with Gasteiger partial charge in [-0.2, -0.15) is 0 Å². The molecule has 0 atom stereocenters. The summed E-state index contributed by atoms with van der Waals surface area (Å²) in [4.78, 5) is 32.7. The van der Waals surface area contributed by atoms with E-state index in [4.69, 9.17) is 5.11 Å². The molecule has 2 heterocycles. The number of carbonyl (C=O) groups is 2. The number of rotatable bonds is 4. The number of carboxylic acid groups (broad SMARTS) is 1. The van der Waals surface area contributed by atoms with E-state index < -0.39 is 5.97 Å². The third kappa shape index (κ3) is 3.53. The largest absolute Gasteiger partial charge is 0.477 e. The second-order valence-electron chi connectivity index (χ2n) is 4.46. The van der Waals surface area contributed by atoms with Crippen molar-refractivity contribution in [2.45, 2.75) is 0 Å². The van der Waals surface area contributed by atoms with Gasteiger partial charge in [0.1, 0.15) is 11.6 Å². The van der Waals surface area contributed by atoms with Gasteiger partial charge in [-0.15, -0.1) is 0 Å². The first-order valence-electron chi connectivity index (χ1n) is 6.12. The monoisotopic (exact) mass is 286 g/mol. The molecule has 0 saturated carbocycles. The van der Waals surface area contributed by atoms with Crippen LogP contribution in [0.3, 0.4) is 0 Å². The second-order valence-corrected chi connectivity index (χ2v) is 4.46. The van der Waals surface area contributed by atoms with Gasteiger partial charge in [-0.3, -0.25) is 4.79 Å². The molecule has 0 unspecified atom stereocenters. The Morgan fingerprint density at radius 1 is 1.24 bits per heavy atom. The van der Waals surface area contributed by atoms with Crippen LogP contribution in [0.15, 0.2) is 36.5 Å². The summed E-state index contributed by atoms with van der Waals surface area (Å²) in [5.41, 5.74) is 0.285. The van der Waals surface area contributed by atoms with Crippen LogP contribution in [-0.2, 0) is 0 Å². The Hall–Kier alpha value is -2.96. The van der Waals surface area contributed by atoms with Crippen molar-refractivity contribution in [3.8, 4) is 0 Å². The third-order valence-electron chi connectivity index (χ3n) is 2.68. The highest BCUT2D eigenvalue weighted by Gasteiger charge is 2.11. The first-order valence-corrected chi connectivity index (χ1v) is 6.12. The summed E-state index contributed by atoms with van der Waals surface area (Å²) in [7, 11) is 3.64. The molecule has 7 nitrogen and oxygen atoms in total. The van der Waals surface area contributed by atoms with Crippen LogP contribution in [0.2, 0.25) is 0 Å². The molecule has 0 aliphatic heterocycles. The number of carbonyl (C=O) groups excluding carboxylic acids is 1.